The first-order chi connectivity index (χ1) is 14.2. The number of aliphatic hydroxyl groups is 1. The van der Waals surface area contributed by atoms with Gasteiger partial charge >= 0.3 is 0 Å². The van der Waals surface area contributed by atoms with E-state index in [4.69, 9.17) is 0 Å². The minimum Gasteiger partial charge on any atom is -0.380 e. The third-order valence-electron chi connectivity index (χ3n) is 6.11. The van der Waals surface area contributed by atoms with E-state index >= 15 is 0 Å². The van der Waals surface area contributed by atoms with Gasteiger partial charge in [-0.05, 0) is 28.7 Å². The van der Waals surface area contributed by atoms with Gasteiger partial charge in [0.25, 0.3) is 0 Å². The summed E-state index contributed by atoms with van der Waals surface area (Å²) in [6, 6.07) is 30.8. The quantitative estimate of drug-likeness (QED) is 0.620. The molecule has 0 saturated carbocycles. The molecule has 1 aliphatic heterocycles. The van der Waals surface area contributed by atoms with Crippen LogP contribution in [0.1, 0.15) is 30.0 Å². The maximum atomic E-state index is 11.9. The van der Waals surface area contributed by atoms with Gasteiger partial charge in [-0.3, -0.25) is 4.90 Å². The Morgan fingerprint density at radius 1 is 0.828 bits per heavy atom. The van der Waals surface area contributed by atoms with Gasteiger partial charge in [-0.25, -0.2) is 0 Å². The largest absolute Gasteiger partial charge is 0.380 e. The fourth-order valence-electron chi connectivity index (χ4n) is 4.43. The molecule has 0 bridgehead atoms. The van der Waals surface area contributed by atoms with E-state index in [-0.39, 0.29) is 5.92 Å². The summed E-state index contributed by atoms with van der Waals surface area (Å²) in [5.41, 5.74) is 3.65. The van der Waals surface area contributed by atoms with Crippen LogP contribution in [0.15, 0.2) is 97.1 Å². The Bertz CT molecular complexity index is 895. The lowest BCUT2D eigenvalue weighted by Crippen LogP contribution is -2.43. The van der Waals surface area contributed by atoms with Crippen molar-refractivity contribution in [3.05, 3.63) is 114 Å². The topological polar surface area (TPSA) is 23.5 Å². The second-order valence-corrected chi connectivity index (χ2v) is 8.00. The molecule has 0 aliphatic carbocycles. The van der Waals surface area contributed by atoms with Crippen LogP contribution < -0.4 is 0 Å². The summed E-state index contributed by atoms with van der Waals surface area (Å²) in [6.07, 6.45) is 3.39. The standard InChI is InChI=1S/C27H29NO/c1-22(21-28-19-17-24(18-20-28)23-11-5-2-6-12-23)27(29,25-13-7-3-8-14-25)26-15-9-4-10-16-26/h2-17,22,29H,18-21H2,1H3. The maximum Gasteiger partial charge on any atom is 0.118 e. The van der Waals surface area contributed by atoms with Crippen molar-refractivity contribution in [1.29, 1.82) is 0 Å². The Labute approximate surface area is 174 Å². The van der Waals surface area contributed by atoms with Crippen molar-refractivity contribution in [2.75, 3.05) is 19.6 Å². The van der Waals surface area contributed by atoms with Crippen LogP contribution in [0.5, 0.6) is 0 Å². The summed E-state index contributed by atoms with van der Waals surface area (Å²) in [5.74, 6) is 0.0546. The fraction of sp³-hybridized carbons (Fsp3) is 0.259. The lowest BCUT2D eigenvalue weighted by Gasteiger charge is -2.39. The summed E-state index contributed by atoms with van der Waals surface area (Å²) in [7, 11) is 0. The third kappa shape index (κ3) is 4.19. The van der Waals surface area contributed by atoms with Gasteiger partial charge in [-0.2, -0.15) is 0 Å². The van der Waals surface area contributed by atoms with Crippen LogP contribution in [0.2, 0.25) is 0 Å². The van der Waals surface area contributed by atoms with Gasteiger partial charge in [0.1, 0.15) is 5.60 Å². The molecule has 1 unspecified atom stereocenters. The Hall–Kier alpha value is -2.68. The summed E-state index contributed by atoms with van der Waals surface area (Å²) in [6.45, 7) is 4.95. The molecule has 2 nitrogen and oxygen atoms in total. The van der Waals surface area contributed by atoms with Crippen LogP contribution in [0.3, 0.4) is 0 Å². The number of hydrogen-bond acceptors (Lipinski definition) is 2. The zero-order valence-corrected chi connectivity index (χ0v) is 17.0. The molecule has 3 aromatic carbocycles. The molecule has 3 aromatic rings. The van der Waals surface area contributed by atoms with E-state index in [0.29, 0.717) is 0 Å². The molecule has 1 heterocycles. The summed E-state index contributed by atoms with van der Waals surface area (Å²) >= 11 is 0. The van der Waals surface area contributed by atoms with Gasteiger partial charge in [0, 0.05) is 25.6 Å². The van der Waals surface area contributed by atoms with E-state index in [0.717, 1.165) is 37.2 Å². The highest BCUT2D eigenvalue weighted by Gasteiger charge is 2.38. The van der Waals surface area contributed by atoms with Gasteiger partial charge in [0.05, 0.1) is 0 Å². The van der Waals surface area contributed by atoms with Crippen LogP contribution in [0.4, 0.5) is 0 Å². The average Bonchev–Trinajstić information content (AvgIpc) is 2.80. The molecule has 1 aliphatic rings. The normalized spacial score (nSPS) is 16.3. The molecule has 4 rings (SSSR count). The highest BCUT2D eigenvalue weighted by molar-refractivity contribution is 5.66. The molecule has 2 heteroatoms. The molecule has 0 spiro atoms. The molecule has 0 fully saturated rings. The van der Waals surface area contributed by atoms with Crippen LogP contribution >= 0.6 is 0 Å². The Morgan fingerprint density at radius 3 is 1.83 bits per heavy atom. The van der Waals surface area contributed by atoms with Crippen LogP contribution in [0.25, 0.3) is 5.57 Å². The van der Waals surface area contributed by atoms with E-state index in [9.17, 15) is 5.11 Å². The van der Waals surface area contributed by atoms with Crippen LogP contribution in [-0.2, 0) is 5.60 Å². The van der Waals surface area contributed by atoms with Crippen LogP contribution in [0, 0.1) is 5.92 Å². The van der Waals surface area contributed by atoms with Gasteiger partial charge < -0.3 is 5.11 Å². The predicted molar refractivity (Wildman–Crippen MR) is 121 cm³/mol. The lowest BCUT2D eigenvalue weighted by atomic mass is 9.76. The molecule has 0 amide bonds. The summed E-state index contributed by atoms with van der Waals surface area (Å²) in [4.78, 5) is 2.45. The smallest absolute Gasteiger partial charge is 0.118 e. The minimum absolute atomic E-state index is 0.0546. The monoisotopic (exact) mass is 383 g/mol. The van der Waals surface area contributed by atoms with Crippen molar-refractivity contribution in [3.8, 4) is 0 Å². The first-order valence-electron chi connectivity index (χ1n) is 10.5. The molecule has 1 atom stereocenters. The highest BCUT2D eigenvalue weighted by atomic mass is 16.3. The van der Waals surface area contributed by atoms with Crippen molar-refractivity contribution < 1.29 is 5.11 Å². The zero-order valence-electron chi connectivity index (χ0n) is 17.0. The molecule has 29 heavy (non-hydrogen) atoms. The SMILES string of the molecule is CC(CN1CC=C(c2ccccc2)CC1)C(O)(c1ccccc1)c1ccccc1. The second kappa shape index (κ2) is 8.77. The first kappa shape index (κ1) is 19.6. The fourth-order valence-corrected chi connectivity index (χ4v) is 4.43. The maximum absolute atomic E-state index is 11.9. The van der Waals surface area contributed by atoms with E-state index in [2.05, 4.69) is 48.2 Å². The first-order valence-corrected chi connectivity index (χ1v) is 10.5. The second-order valence-electron chi connectivity index (χ2n) is 8.00. The van der Waals surface area contributed by atoms with Crippen molar-refractivity contribution in [3.63, 3.8) is 0 Å². The lowest BCUT2D eigenvalue weighted by molar-refractivity contribution is 0.00874. The van der Waals surface area contributed by atoms with Gasteiger partial charge in [0.15, 0.2) is 0 Å². The molecule has 0 aromatic heterocycles. The number of nitrogens with zero attached hydrogens (tertiary/aromatic N) is 1. The molecular weight excluding hydrogens is 354 g/mol. The van der Waals surface area contributed by atoms with Crippen molar-refractivity contribution in [1.82, 2.24) is 4.90 Å². The van der Waals surface area contributed by atoms with E-state index < -0.39 is 5.60 Å². The number of hydrogen-bond donors (Lipinski definition) is 1. The van der Waals surface area contributed by atoms with E-state index in [1.807, 2.05) is 60.7 Å². The Balaban J connectivity index is 1.54. The molecule has 0 saturated heterocycles. The Morgan fingerprint density at radius 2 is 1.34 bits per heavy atom. The number of benzene rings is 3. The zero-order chi connectivity index (χ0) is 20.1. The average molecular weight is 384 g/mol. The predicted octanol–water partition coefficient (Wildman–Crippen LogP) is 5.35. The van der Waals surface area contributed by atoms with Gasteiger partial charge in [0.2, 0.25) is 0 Å². The third-order valence-corrected chi connectivity index (χ3v) is 6.11. The molecule has 0 radical (unpaired) electrons. The Kier molecular flexibility index (Phi) is 5.94. The molecular formula is C27H29NO. The van der Waals surface area contributed by atoms with E-state index in [1.165, 1.54) is 11.1 Å². The minimum atomic E-state index is -1.01. The van der Waals surface area contributed by atoms with Crippen molar-refractivity contribution in [2.45, 2.75) is 18.9 Å². The van der Waals surface area contributed by atoms with Crippen molar-refractivity contribution >= 4 is 5.57 Å². The summed E-state index contributed by atoms with van der Waals surface area (Å²) in [5, 5.41) is 11.9. The molecule has 148 valence electrons. The summed E-state index contributed by atoms with van der Waals surface area (Å²) < 4.78 is 0. The van der Waals surface area contributed by atoms with Gasteiger partial charge in [-0.15, -0.1) is 0 Å². The van der Waals surface area contributed by atoms with Gasteiger partial charge in [-0.1, -0.05) is 104 Å². The highest BCUT2D eigenvalue weighted by Crippen LogP contribution is 2.37. The number of rotatable bonds is 6. The van der Waals surface area contributed by atoms with Crippen LogP contribution in [-0.4, -0.2) is 29.6 Å². The van der Waals surface area contributed by atoms with E-state index in [1.54, 1.807) is 0 Å². The molecule has 1 N–H and O–H groups in total. The van der Waals surface area contributed by atoms with Crippen molar-refractivity contribution in [2.24, 2.45) is 5.92 Å².